The van der Waals surface area contributed by atoms with E-state index in [1.54, 1.807) is 0 Å². The molecule has 12 heteroatoms. The van der Waals surface area contributed by atoms with Crippen molar-refractivity contribution in [2.24, 2.45) is 0 Å². The van der Waals surface area contributed by atoms with Crippen LogP contribution < -0.4 is 11.3 Å². The third kappa shape index (κ3) is 7.05. The third-order valence-corrected chi connectivity index (χ3v) is 9.63. The second-order valence-corrected chi connectivity index (χ2v) is 12.9. The van der Waals surface area contributed by atoms with Crippen LogP contribution in [-0.2, 0) is 17.6 Å². The van der Waals surface area contributed by atoms with Crippen molar-refractivity contribution < 1.29 is 14.4 Å². The molecule has 11 nitrogen and oxygen atoms in total. The van der Waals surface area contributed by atoms with Crippen LogP contribution in [0.25, 0.3) is 28.3 Å². The van der Waals surface area contributed by atoms with E-state index >= 15 is 0 Å². The molecule has 5 aromatic rings. The summed E-state index contributed by atoms with van der Waals surface area (Å²) in [5.41, 5.74) is 4.66. The predicted molar refractivity (Wildman–Crippen MR) is 179 cm³/mol. The molecule has 0 aliphatic heterocycles. The molecule has 2 aromatic carbocycles. The van der Waals surface area contributed by atoms with Crippen molar-refractivity contribution >= 4 is 57.2 Å². The van der Waals surface area contributed by atoms with Crippen LogP contribution in [-0.4, -0.2) is 104 Å². The molecule has 0 spiro atoms. The molecule has 3 aromatic heterocycles. The summed E-state index contributed by atoms with van der Waals surface area (Å²) in [6.07, 6.45) is 8.14. The van der Waals surface area contributed by atoms with Gasteiger partial charge in [0.25, 0.3) is 5.56 Å². The number of aliphatic hydroxyl groups is 1. The average molecular weight is 664 g/mol. The number of ether oxygens (including phenoxy) is 1. The summed E-state index contributed by atoms with van der Waals surface area (Å²) < 4.78 is 14.6. The van der Waals surface area contributed by atoms with Crippen molar-refractivity contribution in [1.82, 2.24) is 29.3 Å². The predicted octanol–water partition coefficient (Wildman–Crippen LogP) is 4.79. The number of fused-ring (bicyclic) bond motifs is 1. The van der Waals surface area contributed by atoms with Crippen molar-refractivity contribution in [3.8, 4) is 22.5 Å². The first kappa shape index (κ1) is 34.2. The second kappa shape index (κ2) is 14.4. The van der Waals surface area contributed by atoms with Gasteiger partial charge in [0.2, 0.25) is 5.78 Å². The van der Waals surface area contributed by atoms with Gasteiger partial charge < -0.3 is 9.84 Å². The van der Waals surface area contributed by atoms with Crippen LogP contribution in [0.4, 0.5) is 0 Å². The Balaban J connectivity index is 0.00000386. The van der Waals surface area contributed by atoms with Gasteiger partial charge >= 0.3 is 5.76 Å². The zero-order chi connectivity index (χ0) is 31.8. The summed E-state index contributed by atoms with van der Waals surface area (Å²) in [6.45, 7) is 4.38. The first-order valence-corrected chi connectivity index (χ1v) is 16.4. The zero-order valence-corrected chi connectivity index (χ0v) is 30.5. The van der Waals surface area contributed by atoms with Crippen molar-refractivity contribution in [1.29, 1.82) is 0 Å². The number of aromatic nitrogens is 6. The number of H-pyrrole nitrogens is 1. The number of hydrogen-bond donors (Lipinski definition) is 2. The molecule has 0 amide bonds. The molecular weight excluding hydrogens is 624 g/mol. The fraction of sp³-hybridized carbons (Fsp3) is 0.457. The molecule has 3 heterocycles. The molecule has 0 saturated heterocycles. The van der Waals surface area contributed by atoms with E-state index in [0.717, 1.165) is 91.3 Å². The van der Waals surface area contributed by atoms with Crippen molar-refractivity contribution in [3.05, 3.63) is 92.1 Å². The fourth-order valence-electron chi connectivity index (χ4n) is 6.99. The maximum Gasteiger partial charge on any atom is 0.439 e. The molecule has 2 saturated carbocycles. The smallest absolute Gasteiger partial charge is 0.387 e. The molecule has 241 valence electrons. The monoisotopic (exact) mass is 663 g/mol. The van der Waals surface area contributed by atoms with E-state index in [9.17, 15) is 14.7 Å². The molecule has 2 aliphatic carbocycles. The van der Waals surface area contributed by atoms with Crippen LogP contribution in [0.2, 0.25) is 0 Å². The van der Waals surface area contributed by atoms with Gasteiger partial charge in [-0.1, -0.05) is 67.0 Å². The summed E-state index contributed by atoms with van der Waals surface area (Å²) in [5, 5.41) is 19.1. The Bertz CT molecular complexity index is 1960. The van der Waals surface area contributed by atoms with Gasteiger partial charge in [0.05, 0.1) is 24.0 Å². The molecule has 2 aliphatic rings. The molecule has 1 radical (unpaired) electrons. The minimum absolute atomic E-state index is 0. The van der Waals surface area contributed by atoms with Gasteiger partial charge in [-0.2, -0.15) is 10.1 Å². The molecule has 2 N–H and O–H groups in total. The zero-order valence-electron chi connectivity index (χ0n) is 27.4. The van der Waals surface area contributed by atoms with Crippen LogP contribution in [0.1, 0.15) is 87.0 Å². The number of aryl methyl sites for hydroxylation is 2. The Hall–Kier alpha value is -2.71. The fourth-order valence-corrected chi connectivity index (χ4v) is 6.99. The van der Waals surface area contributed by atoms with Crippen LogP contribution >= 0.6 is 0 Å². The van der Waals surface area contributed by atoms with E-state index in [0.29, 0.717) is 30.5 Å². The molecule has 47 heavy (non-hydrogen) atoms. The molecule has 2 fully saturated rings. The number of hydrogen-bond acceptors (Lipinski definition) is 8. The van der Waals surface area contributed by atoms with Crippen LogP contribution in [0.5, 0.6) is 0 Å². The minimum Gasteiger partial charge on any atom is -0.387 e. The third-order valence-electron chi connectivity index (χ3n) is 9.63. The molecule has 0 bridgehead atoms. The summed E-state index contributed by atoms with van der Waals surface area (Å²) in [7, 11) is 0. The Morgan fingerprint density at radius 1 is 1.04 bits per heavy atom. The molecule has 0 atom stereocenters. The van der Waals surface area contributed by atoms with Gasteiger partial charge in [-0.25, -0.2) is 9.31 Å². The van der Waals surface area contributed by atoms with E-state index in [1.165, 1.54) is 0 Å². The van der Waals surface area contributed by atoms with Gasteiger partial charge in [-0.05, 0) is 75.0 Å². The summed E-state index contributed by atoms with van der Waals surface area (Å²) in [6, 6.07) is 15.9. The number of benzene rings is 2. The number of aromatic amines is 1. The summed E-state index contributed by atoms with van der Waals surface area (Å²) in [4.78, 5) is 33.4. The van der Waals surface area contributed by atoms with Gasteiger partial charge in [0.1, 0.15) is 5.82 Å². The Kier molecular flexibility index (Phi) is 10.5. The standard InChI is InChI=1S/C35H40N6O5.K/c1-3-7-30-29(20-23-10-12-24(13-11-23)27-8-4-5-9-28(27)31-37-34(43)46-39-31)32(42)40(33-36-22(2)38-41(30)33)25-14-16-26(17-15-25)45-21-35(44)18-6-19-35;/h4-5,8-13,25-26,44H,3,6-7,14-21H2,1-2H3,(H,37,39,43);. The maximum absolute atomic E-state index is 14.4. The molecule has 0 unspecified atom stereocenters. The Labute approximate surface area is 315 Å². The quantitative estimate of drug-likeness (QED) is 0.203. The number of nitrogens with zero attached hydrogens (tertiary/aromatic N) is 5. The molecule has 7 rings (SSSR count). The summed E-state index contributed by atoms with van der Waals surface area (Å²) >= 11 is 0. The van der Waals surface area contributed by atoms with Gasteiger partial charge in [-0.15, -0.1) is 0 Å². The van der Waals surface area contributed by atoms with Crippen LogP contribution in [0.15, 0.2) is 62.6 Å². The van der Waals surface area contributed by atoms with E-state index in [1.807, 2.05) is 64.5 Å². The van der Waals surface area contributed by atoms with Crippen LogP contribution in [0.3, 0.4) is 0 Å². The maximum atomic E-state index is 14.4. The number of nitrogens with one attached hydrogen (secondary N) is 1. The summed E-state index contributed by atoms with van der Waals surface area (Å²) in [5.74, 6) is 1.03. The Morgan fingerprint density at radius 2 is 1.77 bits per heavy atom. The molecular formula is C35H40KN6O5. The first-order valence-electron chi connectivity index (χ1n) is 16.4. The van der Waals surface area contributed by atoms with Gasteiger partial charge in [-0.3, -0.25) is 18.9 Å². The Morgan fingerprint density at radius 3 is 2.40 bits per heavy atom. The van der Waals surface area contributed by atoms with Crippen molar-refractivity contribution in [2.45, 2.75) is 95.8 Å². The van der Waals surface area contributed by atoms with Gasteiger partial charge in [0, 0.05) is 75.0 Å². The van der Waals surface area contributed by atoms with E-state index < -0.39 is 11.4 Å². The normalized spacial score (nSPS) is 19.0. The largest absolute Gasteiger partial charge is 0.439 e. The van der Waals surface area contributed by atoms with E-state index in [4.69, 9.17) is 19.3 Å². The van der Waals surface area contributed by atoms with E-state index in [-0.39, 0.29) is 69.1 Å². The van der Waals surface area contributed by atoms with Crippen LogP contribution in [0, 0.1) is 6.92 Å². The topological polar surface area (TPSA) is 141 Å². The van der Waals surface area contributed by atoms with Crippen molar-refractivity contribution in [2.75, 3.05) is 6.61 Å². The first-order chi connectivity index (χ1) is 22.3. The minimum atomic E-state index is -0.651. The second-order valence-electron chi connectivity index (χ2n) is 12.9. The average Bonchev–Trinajstić information content (AvgIpc) is 3.66. The van der Waals surface area contributed by atoms with Crippen molar-refractivity contribution in [3.63, 3.8) is 0 Å². The SMILES string of the molecule is CCCc1c(Cc2ccc(-c3ccccc3-c3noc(=O)[nH]3)cc2)c(=O)n(C2CCC(OCC3(O)CCC3)CC2)c2nc(C)nn12.[K]. The van der Waals surface area contributed by atoms with E-state index in [2.05, 4.69) is 17.1 Å². The number of rotatable bonds is 10. The van der Waals surface area contributed by atoms with Gasteiger partial charge in [0.15, 0.2) is 5.82 Å².